The van der Waals surface area contributed by atoms with Crippen LogP contribution in [-0.4, -0.2) is 12.7 Å². The van der Waals surface area contributed by atoms with E-state index in [2.05, 4.69) is 5.32 Å². The molecule has 3 nitrogen and oxygen atoms in total. The second-order valence-corrected chi connectivity index (χ2v) is 2.59. The van der Waals surface area contributed by atoms with Gasteiger partial charge in [-0.25, -0.2) is 4.39 Å². The first-order valence-corrected chi connectivity index (χ1v) is 3.72. The van der Waals surface area contributed by atoms with Gasteiger partial charge in [0, 0.05) is 5.56 Å². The van der Waals surface area contributed by atoms with Gasteiger partial charge < -0.3 is 5.32 Å². The SMILES string of the molecule is O=CNc1ccc(C=O)c(Cl)c1F. The number of carbonyl (C=O) groups is 2. The van der Waals surface area contributed by atoms with Crippen LogP contribution in [0.4, 0.5) is 10.1 Å². The Balaban J connectivity index is 3.22. The molecule has 0 aliphatic heterocycles. The summed E-state index contributed by atoms with van der Waals surface area (Å²) in [6.45, 7) is 0. The number of amides is 1. The van der Waals surface area contributed by atoms with Crippen LogP contribution in [0.5, 0.6) is 0 Å². The largest absolute Gasteiger partial charge is 0.326 e. The number of rotatable bonds is 3. The van der Waals surface area contributed by atoms with Crippen molar-refractivity contribution < 1.29 is 14.0 Å². The van der Waals surface area contributed by atoms with E-state index in [1.165, 1.54) is 12.1 Å². The van der Waals surface area contributed by atoms with Crippen LogP contribution in [-0.2, 0) is 4.79 Å². The van der Waals surface area contributed by atoms with Gasteiger partial charge in [-0.15, -0.1) is 0 Å². The molecular formula is C8H5ClFNO2. The van der Waals surface area contributed by atoms with Crippen molar-refractivity contribution in [1.82, 2.24) is 0 Å². The zero-order valence-corrected chi connectivity index (χ0v) is 7.14. The van der Waals surface area contributed by atoms with Crippen LogP contribution in [0.25, 0.3) is 0 Å². The summed E-state index contributed by atoms with van der Waals surface area (Å²) in [5.41, 5.74) is 0.00113. The average Bonchev–Trinajstić information content (AvgIpc) is 2.14. The number of anilines is 1. The van der Waals surface area contributed by atoms with Gasteiger partial charge in [0.25, 0.3) is 0 Å². The van der Waals surface area contributed by atoms with Gasteiger partial charge in [-0.3, -0.25) is 9.59 Å². The number of nitrogens with one attached hydrogen (secondary N) is 1. The third-order valence-corrected chi connectivity index (χ3v) is 1.84. The zero-order valence-electron chi connectivity index (χ0n) is 6.38. The van der Waals surface area contributed by atoms with Crippen molar-refractivity contribution in [2.45, 2.75) is 0 Å². The molecule has 0 aliphatic carbocycles. The fourth-order valence-corrected chi connectivity index (χ4v) is 1.04. The highest BCUT2D eigenvalue weighted by Gasteiger charge is 2.10. The Morgan fingerprint density at radius 2 is 2.08 bits per heavy atom. The van der Waals surface area contributed by atoms with Gasteiger partial charge in [0.15, 0.2) is 12.1 Å². The lowest BCUT2D eigenvalue weighted by atomic mass is 10.2. The molecule has 68 valence electrons. The minimum atomic E-state index is -0.807. The summed E-state index contributed by atoms with van der Waals surface area (Å²) >= 11 is 5.47. The molecular weight excluding hydrogens is 197 g/mol. The molecule has 1 rings (SSSR count). The first-order valence-electron chi connectivity index (χ1n) is 3.34. The summed E-state index contributed by atoms with van der Waals surface area (Å²) in [4.78, 5) is 20.3. The first-order chi connectivity index (χ1) is 6.20. The number of carbonyl (C=O) groups excluding carboxylic acids is 2. The van der Waals surface area contributed by atoms with Crippen LogP contribution in [0.2, 0.25) is 5.02 Å². The van der Waals surface area contributed by atoms with E-state index < -0.39 is 5.82 Å². The zero-order chi connectivity index (χ0) is 9.84. The highest BCUT2D eigenvalue weighted by molar-refractivity contribution is 6.33. The lowest BCUT2D eigenvalue weighted by Crippen LogP contribution is -1.98. The minimum Gasteiger partial charge on any atom is -0.326 e. The maximum Gasteiger partial charge on any atom is 0.211 e. The van der Waals surface area contributed by atoms with Crippen molar-refractivity contribution in [3.8, 4) is 0 Å². The van der Waals surface area contributed by atoms with Crippen LogP contribution in [0.3, 0.4) is 0 Å². The number of benzene rings is 1. The fourth-order valence-electron chi connectivity index (χ4n) is 0.830. The fraction of sp³-hybridized carbons (Fsp3) is 0. The van der Waals surface area contributed by atoms with Gasteiger partial charge in [-0.2, -0.15) is 0 Å². The first kappa shape index (κ1) is 9.67. The van der Waals surface area contributed by atoms with Crippen LogP contribution >= 0.6 is 11.6 Å². The van der Waals surface area contributed by atoms with Crippen LogP contribution < -0.4 is 5.32 Å². The normalized spacial score (nSPS) is 9.38. The van der Waals surface area contributed by atoms with Gasteiger partial charge >= 0.3 is 0 Å². The molecule has 0 radical (unpaired) electrons. The Hall–Kier alpha value is -1.42. The predicted octanol–water partition coefficient (Wildman–Crippen LogP) is 1.86. The number of hydrogen-bond donors (Lipinski definition) is 1. The Morgan fingerprint density at radius 3 is 2.62 bits per heavy atom. The van der Waals surface area contributed by atoms with Crippen molar-refractivity contribution in [3.63, 3.8) is 0 Å². The maximum atomic E-state index is 13.1. The lowest BCUT2D eigenvalue weighted by molar-refractivity contribution is -0.105. The Kier molecular flexibility index (Phi) is 2.97. The third-order valence-electron chi connectivity index (χ3n) is 1.45. The molecule has 0 aliphatic rings. The third kappa shape index (κ3) is 1.84. The standard InChI is InChI=1S/C8H5ClFNO2/c9-7-5(3-12)1-2-6(8(7)10)11-4-13/h1-4H,(H,11,13). The van der Waals surface area contributed by atoms with Crippen molar-refractivity contribution in [2.75, 3.05) is 5.32 Å². The number of aldehydes is 1. The van der Waals surface area contributed by atoms with Crippen molar-refractivity contribution in [3.05, 3.63) is 28.5 Å². The number of hydrogen-bond acceptors (Lipinski definition) is 2. The second-order valence-electron chi connectivity index (χ2n) is 2.21. The molecule has 1 aromatic carbocycles. The molecule has 1 aromatic rings. The van der Waals surface area contributed by atoms with E-state index in [-0.39, 0.29) is 16.3 Å². The molecule has 13 heavy (non-hydrogen) atoms. The van der Waals surface area contributed by atoms with Gasteiger partial charge in [0.1, 0.15) is 0 Å². The van der Waals surface area contributed by atoms with E-state index >= 15 is 0 Å². The Bertz CT molecular complexity index is 354. The summed E-state index contributed by atoms with van der Waals surface area (Å²) in [5.74, 6) is -0.807. The molecule has 0 aromatic heterocycles. The maximum absolute atomic E-state index is 13.1. The van der Waals surface area contributed by atoms with Crippen LogP contribution in [0.1, 0.15) is 10.4 Å². The molecule has 0 fully saturated rings. The van der Waals surface area contributed by atoms with E-state index in [1.54, 1.807) is 0 Å². The molecule has 0 bridgehead atoms. The molecule has 0 unspecified atom stereocenters. The molecule has 0 atom stereocenters. The minimum absolute atomic E-state index is 0.0504. The molecule has 5 heteroatoms. The second kappa shape index (κ2) is 4.00. The predicted molar refractivity (Wildman–Crippen MR) is 46.5 cm³/mol. The highest BCUT2D eigenvalue weighted by Crippen LogP contribution is 2.24. The van der Waals surface area contributed by atoms with Gasteiger partial charge in [-0.1, -0.05) is 11.6 Å². The van der Waals surface area contributed by atoms with E-state index in [1.807, 2.05) is 0 Å². The summed E-state index contributed by atoms with van der Waals surface area (Å²) < 4.78 is 13.1. The topological polar surface area (TPSA) is 46.2 Å². The summed E-state index contributed by atoms with van der Waals surface area (Å²) in [6, 6.07) is 2.59. The molecule has 0 saturated carbocycles. The van der Waals surface area contributed by atoms with Crippen molar-refractivity contribution >= 4 is 30.0 Å². The van der Waals surface area contributed by atoms with E-state index in [0.29, 0.717) is 12.7 Å². The van der Waals surface area contributed by atoms with E-state index in [9.17, 15) is 14.0 Å². The Labute approximate surface area is 78.5 Å². The highest BCUT2D eigenvalue weighted by atomic mass is 35.5. The van der Waals surface area contributed by atoms with Gasteiger partial charge in [-0.05, 0) is 12.1 Å². The smallest absolute Gasteiger partial charge is 0.211 e. The van der Waals surface area contributed by atoms with Crippen LogP contribution in [0, 0.1) is 5.82 Å². The average molecular weight is 202 g/mol. The molecule has 0 saturated heterocycles. The Morgan fingerprint density at radius 1 is 1.38 bits per heavy atom. The summed E-state index contributed by atoms with van der Waals surface area (Å²) in [5, 5.41) is 1.82. The van der Waals surface area contributed by atoms with E-state index in [0.717, 1.165) is 0 Å². The van der Waals surface area contributed by atoms with Crippen molar-refractivity contribution in [2.24, 2.45) is 0 Å². The number of halogens is 2. The monoisotopic (exact) mass is 201 g/mol. The van der Waals surface area contributed by atoms with Gasteiger partial charge in [0.05, 0.1) is 10.7 Å². The quantitative estimate of drug-likeness (QED) is 0.759. The summed E-state index contributed by atoms with van der Waals surface area (Å²) in [7, 11) is 0. The summed E-state index contributed by atoms with van der Waals surface area (Å²) in [6.07, 6.45) is 0.769. The molecule has 0 heterocycles. The van der Waals surface area contributed by atoms with Crippen LogP contribution in [0.15, 0.2) is 12.1 Å². The lowest BCUT2D eigenvalue weighted by Gasteiger charge is -2.03. The molecule has 1 amide bonds. The van der Waals surface area contributed by atoms with Crippen molar-refractivity contribution in [1.29, 1.82) is 0 Å². The van der Waals surface area contributed by atoms with Gasteiger partial charge in [0.2, 0.25) is 6.41 Å². The molecule has 0 spiro atoms. The molecule has 1 N–H and O–H groups in total. The van der Waals surface area contributed by atoms with E-state index in [4.69, 9.17) is 11.6 Å².